The van der Waals surface area contributed by atoms with E-state index in [1.165, 1.54) is 12.8 Å². The van der Waals surface area contributed by atoms with E-state index in [-0.39, 0.29) is 18.6 Å². The maximum Gasteiger partial charge on any atom is 0.224 e. The molecule has 0 spiro atoms. The van der Waals surface area contributed by atoms with E-state index in [0.29, 0.717) is 26.1 Å². The SMILES string of the molecule is O=C(CCN1CCCC1)N1CCOC(CO)C1. The van der Waals surface area contributed by atoms with Crippen LogP contribution in [-0.2, 0) is 9.53 Å². The minimum absolute atomic E-state index is 0.00406. The van der Waals surface area contributed by atoms with Gasteiger partial charge in [-0.15, -0.1) is 0 Å². The number of ether oxygens (including phenoxy) is 1. The zero-order chi connectivity index (χ0) is 12.1. The Labute approximate surface area is 102 Å². The van der Waals surface area contributed by atoms with Crippen LogP contribution >= 0.6 is 0 Å². The van der Waals surface area contributed by atoms with Crippen molar-refractivity contribution in [3.8, 4) is 0 Å². The summed E-state index contributed by atoms with van der Waals surface area (Å²) in [5.74, 6) is 0.193. The fourth-order valence-corrected chi connectivity index (χ4v) is 2.47. The monoisotopic (exact) mass is 242 g/mol. The summed E-state index contributed by atoms with van der Waals surface area (Å²) in [5.41, 5.74) is 0. The number of hydrogen-bond acceptors (Lipinski definition) is 4. The van der Waals surface area contributed by atoms with Crippen molar-refractivity contribution in [3.05, 3.63) is 0 Å². The number of morpholine rings is 1. The van der Waals surface area contributed by atoms with Crippen LogP contribution in [-0.4, -0.2) is 72.9 Å². The van der Waals surface area contributed by atoms with E-state index in [1.807, 2.05) is 4.90 Å². The van der Waals surface area contributed by atoms with Crippen molar-refractivity contribution in [2.24, 2.45) is 0 Å². The van der Waals surface area contributed by atoms with Crippen LogP contribution in [0.25, 0.3) is 0 Å². The highest BCUT2D eigenvalue weighted by Crippen LogP contribution is 2.10. The molecule has 2 rings (SSSR count). The molecule has 2 aliphatic heterocycles. The number of carbonyl (C=O) groups is 1. The Morgan fingerprint density at radius 1 is 1.29 bits per heavy atom. The molecule has 5 nitrogen and oxygen atoms in total. The molecule has 0 aliphatic carbocycles. The van der Waals surface area contributed by atoms with E-state index in [4.69, 9.17) is 9.84 Å². The lowest BCUT2D eigenvalue weighted by molar-refractivity contribution is -0.140. The summed E-state index contributed by atoms with van der Waals surface area (Å²) >= 11 is 0. The van der Waals surface area contributed by atoms with E-state index < -0.39 is 0 Å². The van der Waals surface area contributed by atoms with Crippen molar-refractivity contribution < 1.29 is 14.6 Å². The Morgan fingerprint density at radius 3 is 2.76 bits per heavy atom. The van der Waals surface area contributed by atoms with Crippen LogP contribution in [0.4, 0.5) is 0 Å². The highest BCUT2D eigenvalue weighted by atomic mass is 16.5. The van der Waals surface area contributed by atoms with E-state index in [0.717, 1.165) is 19.6 Å². The fourth-order valence-electron chi connectivity index (χ4n) is 2.47. The van der Waals surface area contributed by atoms with Gasteiger partial charge in [0.25, 0.3) is 0 Å². The minimum atomic E-state index is -0.195. The second-order valence-electron chi connectivity index (χ2n) is 4.81. The number of nitrogens with zero attached hydrogens (tertiary/aromatic N) is 2. The first-order valence-corrected chi connectivity index (χ1v) is 6.52. The van der Waals surface area contributed by atoms with Crippen LogP contribution < -0.4 is 0 Å². The number of likely N-dealkylation sites (tertiary alicyclic amines) is 1. The van der Waals surface area contributed by atoms with Gasteiger partial charge in [0, 0.05) is 26.1 Å². The van der Waals surface area contributed by atoms with E-state index in [1.54, 1.807) is 0 Å². The molecule has 0 saturated carbocycles. The van der Waals surface area contributed by atoms with Gasteiger partial charge in [-0.2, -0.15) is 0 Å². The van der Waals surface area contributed by atoms with Gasteiger partial charge in [-0.1, -0.05) is 0 Å². The summed E-state index contributed by atoms with van der Waals surface area (Å²) in [6.07, 6.45) is 2.92. The van der Waals surface area contributed by atoms with Crippen molar-refractivity contribution in [3.63, 3.8) is 0 Å². The van der Waals surface area contributed by atoms with Crippen LogP contribution in [0.2, 0.25) is 0 Å². The zero-order valence-electron chi connectivity index (χ0n) is 10.3. The third-order valence-electron chi connectivity index (χ3n) is 3.54. The molecule has 1 atom stereocenters. The second kappa shape index (κ2) is 6.33. The molecule has 5 heteroatoms. The quantitative estimate of drug-likeness (QED) is 0.735. The van der Waals surface area contributed by atoms with Gasteiger partial charge in [0.1, 0.15) is 0 Å². The number of amides is 1. The van der Waals surface area contributed by atoms with Crippen LogP contribution in [0.1, 0.15) is 19.3 Å². The summed E-state index contributed by atoms with van der Waals surface area (Å²) in [6, 6.07) is 0. The van der Waals surface area contributed by atoms with Gasteiger partial charge in [-0.25, -0.2) is 0 Å². The first kappa shape index (κ1) is 12.8. The van der Waals surface area contributed by atoms with Crippen molar-refractivity contribution in [2.75, 3.05) is 45.9 Å². The normalized spacial score (nSPS) is 26.4. The third-order valence-corrected chi connectivity index (χ3v) is 3.54. The molecule has 0 bridgehead atoms. The first-order valence-electron chi connectivity index (χ1n) is 6.52. The maximum absolute atomic E-state index is 12.0. The van der Waals surface area contributed by atoms with Crippen LogP contribution in [0.5, 0.6) is 0 Å². The van der Waals surface area contributed by atoms with Gasteiger partial charge in [0.2, 0.25) is 5.91 Å². The predicted octanol–water partition coefficient (Wildman–Crippen LogP) is -0.308. The molecule has 2 aliphatic rings. The molecule has 1 amide bonds. The van der Waals surface area contributed by atoms with Crippen LogP contribution in [0.15, 0.2) is 0 Å². The number of aliphatic hydroxyl groups is 1. The van der Waals surface area contributed by atoms with Gasteiger partial charge in [-0.05, 0) is 25.9 Å². The number of carbonyl (C=O) groups excluding carboxylic acids is 1. The summed E-state index contributed by atoms with van der Waals surface area (Å²) in [4.78, 5) is 16.1. The molecule has 1 N–H and O–H groups in total. The van der Waals surface area contributed by atoms with Crippen molar-refractivity contribution in [1.29, 1.82) is 0 Å². The average Bonchev–Trinajstić information content (AvgIpc) is 2.89. The number of aliphatic hydroxyl groups excluding tert-OH is 1. The topological polar surface area (TPSA) is 53.0 Å². The lowest BCUT2D eigenvalue weighted by atomic mass is 10.2. The molecule has 17 heavy (non-hydrogen) atoms. The molecule has 98 valence electrons. The fraction of sp³-hybridized carbons (Fsp3) is 0.917. The number of rotatable bonds is 4. The highest BCUT2D eigenvalue weighted by molar-refractivity contribution is 5.76. The standard InChI is InChI=1S/C12H22N2O3/c15-10-11-9-14(7-8-17-11)12(16)3-6-13-4-1-2-5-13/h11,15H,1-10H2. The molecule has 0 aromatic rings. The Morgan fingerprint density at radius 2 is 2.06 bits per heavy atom. The summed E-state index contributed by atoms with van der Waals surface area (Å²) in [7, 11) is 0. The Hall–Kier alpha value is -0.650. The largest absolute Gasteiger partial charge is 0.394 e. The van der Waals surface area contributed by atoms with Gasteiger partial charge in [-0.3, -0.25) is 4.79 Å². The summed E-state index contributed by atoms with van der Waals surface area (Å²) in [6.45, 7) is 4.88. The predicted molar refractivity (Wildman–Crippen MR) is 63.7 cm³/mol. The van der Waals surface area contributed by atoms with E-state index in [2.05, 4.69) is 4.90 Å². The van der Waals surface area contributed by atoms with Gasteiger partial charge < -0.3 is 19.6 Å². The molecule has 1 unspecified atom stereocenters. The minimum Gasteiger partial charge on any atom is -0.394 e. The molecular formula is C12H22N2O3. The zero-order valence-corrected chi connectivity index (χ0v) is 10.3. The van der Waals surface area contributed by atoms with E-state index in [9.17, 15) is 4.79 Å². The third kappa shape index (κ3) is 3.66. The summed E-state index contributed by atoms with van der Waals surface area (Å²) in [5, 5.41) is 9.02. The van der Waals surface area contributed by atoms with E-state index >= 15 is 0 Å². The van der Waals surface area contributed by atoms with Gasteiger partial charge in [0.15, 0.2) is 0 Å². The lowest BCUT2D eigenvalue weighted by Crippen LogP contribution is -2.47. The Balaban J connectivity index is 1.71. The van der Waals surface area contributed by atoms with Crippen molar-refractivity contribution >= 4 is 5.91 Å². The van der Waals surface area contributed by atoms with Crippen molar-refractivity contribution in [2.45, 2.75) is 25.4 Å². The number of hydrogen-bond donors (Lipinski definition) is 1. The molecule has 2 saturated heterocycles. The second-order valence-corrected chi connectivity index (χ2v) is 4.81. The van der Waals surface area contributed by atoms with Crippen LogP contribution in [0, 0.1) is 0 Å². The molecule has 0 aromatic carbocycles. The average molecular weight is 242 g/mol. The molecule has 0 radical (unpaired) electrons. The molecular weight excluding hydrogens is 220 g/mol. The lowest BCUT2D eigenvalue weighted by Gasteiger charge is -2.32. The van der Waals surface area contributed by atoms with Gasteiger partial charge in [0.05, 0.1) is 19.3 Å². The molecule has 2 fully saturated rings. The maximum atomic E-state index is 12.0. The van der Waals surface area contributed by atoms with Gasteiger partial charge >= 0.3 is 0 Å². The summed E-state index contributed by atoms with van der Waals surface area (Å²) < 4.78 is 5.33. The highest BCUT2D eigenvalue weighted by Gasteiger charge is 2.24. The Bertz CT molecular complexity index is 254. The Kier molecular flexibility index (Phi) is 4.76. The molecule has 0 aromatic heterocycles. The van der Waals surface area contributed by atoms with Crippen LogP contribution in [0.3, 0.4) is 0 Å². The molecule has 2 heterocycles. The smallest absolute Gasteiger partial charge is 0.224 e. The first-order chi connectivity index (χ1) is 8.29. The van der Waals surface area contributed by atoms with Crippen molar-refractivity contribution in [1.82, 2.24) is 9.80 Å².